The summed E-state index contributed by atoms with van der Waals surface area (Å²) in [4.78, 5) is 2.92. The third-order valence-corrected chi connectivity index (χ3v) is 3.73. The third kappa shape index (κ3) is 1.97. The van der Waals surface area contributed by atoms with E-state index in [0.29, 0.717) is 6.04 Å². The van der Waals surface area contributed by atoms with Gasteiger partial charge < -0.3 is 0 Å². The predicted octanol–water partition coefficient (Wildman–Crippen LogP) is 3.66. The van der Waals surface area contributed by atoms with Gasteiger partial charge in [0.05, 0.1) is 0 Å². The van der Waals surface area contributed by atoms with Crippen LogP contribution in [0.2, 0.25) is 0 Å². The van der Waals surface area contributed by atoms with Crippen LogP contribution in [0.4, 0.5) is 0 Å². The molecule has 0 spiro atoms. The van der Waals surface area contributed by atoms with Crippen LogP contribution >= 0.6 is 0 Å². The smallest absolute Gasteiger partial charge is 0.0376 e. The van der Waals surface area contributed by atoms with E-state index in [1.54, 1.807) is 0 Å². The van der Waals surface area contributed by atoms with Gasteiger partial charge in [-0.25, -0.2) is 0 Å². The van der Waals surface area contributed by atoms with Crippen molar-refractivity contribution in [2.24, 2.45) is 17.0 Å². The number of nitrogens with zero attached hydrogens (tertiary/aromatic N) is 3. The number of hydrogen-bond acceptors (Lipinski definition) is 1. The van der Waals surface area contributed by atoms with Gasteiger partial charge in [0.2, 0.25) is 0 Å². The van der Waals surface area contributed by atoms with Gasteiger partial charge in [0.1, 0.15) is 0 Å². The molecule has 2 aliphatic rings. The molecule has 3 heteroatoms. The number of hydrogen-bond donors (Lipinski definition) is 0. The quantitative estimate of drug-likeness (QED) is 0.335. The Bertz CT molecular complexity index is 220. The fourth-order valence-corrected chi connectivity index (χ4v) is 3.03. The molecule has 0 radical (unpaired) electrons. The molecule has 0 aromatic rings. The molecule has 0 N–H and O–H groups in total. The summed E-state index contributed by atoms with van der Waals surface area (Å²) in [6.07, 6.45) is 9.21. The molecule has 2 fully saturated rings. The molecule has 0 aromatic heterocycles. The molecule has 3 nitrogen and oxygen atoms in total. The van der Waals surface area contributed by atoms with Crippen molar-refractivity contribution in [2.45, 2.75) is 51.0 Å². The van der Waals surface area contributed by atoms with Crippen molar-refractivity contribution in [2.75, 3.05) is 0 Å². The summed E-state index contributed by atoms with van der Waals surface area (Å²) in [5.74, 6) is 1.83. The second kappa shape index (κ2) is 4.01. The molecule has 0 amide bonds. The minimum atomic E-state index is 0.310. The van der Waals surface area contributed by atoms with Crippen molar-refractivity contribution in [3.8, 4) is 0 Å². The van der Waals surface area contributed by atoms with E-state index < -0.39 is 0 Å². The van der Waals surface area contributed by atoms with Gasteiger partial charge in [-0.3, -0.25) is 0 Å². The summed E-state index contributed by atoms with van der Waals surface area (Å²) < 4.78 is 0. The largest absolute Gasteiger partial charge is 0.0906 e. The van der Waals surface area contributed by atoms with E-state index in [2.05, 4.69) is 10.0 Å². The van der Waals surface area contributed by atoms with Crippen molar-refractivity contribution in [3.05, 3.63) is 10.4 Å². The summed E-state index contributed by atoms with van der Waals surface area (Å²) >= 11 is 0. The highest BCUT2D eigenvalue weighted by Gasteiger charge is 2.31. The van der Waals surface area contributed by atoms with E-state index in [0.717, 1.165) is 24.7 Å². The Kier molecular flexibility index (Phi) is 2.74. The molecule has 0 heterocycles. The van der Waals surface area contributed by atoms with Gasteiger partial charge in [0.25, 0.3) is 0 Å². The van der Waals surface area contributed by atoms with Gasteiger partial charge in [0.15, 0.2) is 0 Å². The summed E-state index contributed by atoms with van der Waals surface area (Å²) in [6.45, 7) is 0. The summed E-state index contributed by atoms with van der Waals surface area (Å²) in [6, 6.07) is 0.310. The fraction of sp³-hybridized carbons (Fsp3) is 1.00. The first kappa shape index (κ1) is 8.89. The van der Waals surface area contributed by atoms with Crippen LogP contribution in [0.1, 0.15) is 44.9 Å². The molecule has 2 aliphatic carbocycles. The molecule has 3 unspecified atom stereocenters. The van der Waals surface area contributed by atoms with Gasteiger partial charge in [0, 0.05) is 11.0 Å². The predicted molar refractivity (Wildman–Crippen MR) is 52.2 cm³/mol. The van der Waals surface area contributed by atoms with Crippen LogP contribution in [0.25, 0.3) is 10.4 Å². The van der Waals surface area contributed by atoms with E-state index in [1.165, 1.54) is 32.1 Å². The summed E-state index contributed by atoms with van der Waals surface area (Å²) in [5.41, 5.74) is 8.37. The van der Waals surface area contributed by atoms with Crippen molar-refractivity contribution in [1.29, 1.82) is 0 Å². The Morgan fingerprint density at radius 3 is 2.54 bits per heavy atom. The van der Waals surface area contributed by atoms with Crippen LogP contribution in [0.15, 0.2) is 5.11 Å². The van der Waals surface area contributed by atoms with Crippen molar-refractivity contribution >= 4 is 0 Å². The van der Waals surface area contributed by atoms with Gasteiger partial charge in [-0.05, 0) is 36.6 Å². The van der Waals surface area contributed by atoms with Crippen LogP contribution in [0, 0.1) is 11.8 Å². The molecule has 3 atom stereocenters. The highest BCUT2D eigenvalue weighted by molar-refractivity contribution is 4.86. The van der Waals surface area contributed by atoms with Crippen molar-refractivity contribution < 1.29 is 0 Å². The monoisotopic (exact) mass is 179 g/mol. The van der Waals surface area contributed by atoms with E-state index >= 15 is 0 Å². The number of rotatable bonds is 1. The normalized spacial score (nSPS) is 38.9. The van der Waals surface area contributed by atoms with E-state index in [9.17, 15) is 0 Å². The van der Waals surface area contributed by atoms with E-state index in [-0.39, 0.29) is 0 Å². The van der Waals surface area contributed by atoms with Crippen molar-refractivity contribution in [1.82, 2.24) is 0 Å². The first-order valence-electron chi connectivity index (χ1n) is 5.44. The molecule has 13 heavy (non-hydrogen) atoms. The van der Waals surface area contributed by atoms with Crippen LogP contribution in [0.5, 0.6) is 0 Å². The number of azide groups is 1. The molecule has 0 aliphatic heterocycles. The average Bonchev–Trinajstić information content (AvgIpc) is 2.18. The molecule has 2 saturated carbocycles. The lowest BCUT2D eigenvalue weighted by Crippen LogP contribution is -2.29. The summed E-state index contributed by atoms with van der Waals surface area (Å²) in [7, 11) is 0. The first-order chi connectivity index (χ1) is 6.40. The zero-order valence-electron chi connectivity index (χ0n) is 8.02. The van der Waals surface area contributed by atoms with Gasteiger partial charge in [-0.1, -0.05) is 30.8 Å². The second-order valence-corrected chi connectivity index (χ2v) is 4.48. The average molecular weight is 179 g/mol. The Morgan fingerprint density at radius 1 is 1.00 bits per heavy atom. The third-order valence-electron chi connectivity index (χ3n) is 3.73. The van der Waals surface area contributed by atoms with E-state index in [1.807, 2.05) is 0 Å². The molecule has 0 bridgehead atoms. The fourth-order valence-electron chi connectivity index (χ4n) is 3.03. The standard InChI is InChI=1S/C10H17N3/c11-13-12-10-6-5-8-3-1-2-4-9(8)7-10/h8-10H,1-7H2. The minimum Gasteiger partial charge on any atom is -0.0906 e. The topological polar surface area (TPSA) is 48.8 Å². The molecule has 0 aromatic carbocycles. The first-order valence-corrected chi connectivity index (χ1v) is 5.44. The molecule has 2 rings (SSSR count). The Hall–Kier alpha value is -0.690. The zero-order valence-corrected chi connectivity index (χ0v) is 8.02. The Morgan fingerprint density at radius 2 is 1.77 bits per heavy atom. The number of fused-ring (bicyclic) bond motifs is 1. The van der Waals surface area contributed by atoms with Gasteiger partial charge in [-0.15, -0.1) is 0 Å². The van der Waals surface area contributed by atoms with Gasteiger partial charge in [-0.2, -0.15) is 0 Å². The van der Waals surface area contributed by atoms with Crippen LogP contribution in [-0.4, -0.2) is 6.04 Å². The molecule has 0 saturated heterocycles. The second-order valence-electron chi connectivity index (χ2n) is 4.48. The Balaban J connectivity index is 1.94. The van der Waals surface area contributed by atoms with Crippen LogP contribution < -0.4 is 0 Å². The van der Waals surface area contributed by atoms with Crippen molar-refractivity contribution in [3.63, 3.8) is 0 Å². The van der Waals surface area contributed by atoms with E-state index in [4.69, 9.17) is 5.53 Å². The lowest BCUT2D eigenvalue weighted by atomic mass is 9.69. The highest BCUT2D eigenvalue weighted by atomic mass is 15.1. The minimum absolute atomic E-state index is 0.310. The maximum absolute atomic E-state index is 8.37. The Labute approximate surface area is 79.1 Å². The van der Waals surface area contributed by atoms with Crippen LogP contribution in [-0.2, 0) is 0 Å². The molecule has 72 valence electrons. The zero-order chi connectivity index (χ0) is 9.10. The van der Waals surface area contributed by atoms with Crippen LogP contribution in [0.3, 0.4) is 0 Å². The SMILES string of the molecule is [N-]=[N+]=NC1CCC2CCCCC2C1. The summed E-state index contributed by atoms with van der Waals surface area (Å²) in [5, 5.41) is 3.86. The maximum Gasteiger partial charge on any atom is 0.0376 e. The lowest BCUT2D eigenvalue weighted by Gasteiger charge is -2.37. The molecular weight excluding hydrogens is 162 g/mol. The maximum atomic E-state index is 8.37. The van der Waals surface area contributed by atoms with Gasteiger partial charge >= 0.3 is 0 Å². The highest BCUT2D eigenvalue weighted by Crippen LogP contribution is 2.41. The lowest BCUT2D eigenvalue weighted by molar-refractivity contribution is 0.157. The molecular formula is C10H17N3.